The van der Waals surface area contributed by atoms with Gasteiger partial charge in [0.15, 0.2) is 0 Å². The van der Waals surface area contributed by atoms with Gasteiger partial charge >= 0.3 is 11.7 Å². The number of carboxylic acid groups (broad SMARTS) is 1. The van der Waals surface area contributed by atoms with Crippen molar-refractivity contribution in [2.24, 2.45) is 18.9 Å². The highest BCUT2D eigenvalue weighted by atomic mass is 35.5. The first kappa shape index (κ1) is 29.6. The van der Waals surface area contributed by atoms with Crippen LogP contribution < -0.4 is 16.0 Å². The number of nitrogens with zero attached hydrogens (tertiary/aromatic N) is 3. The van der Waals surface area contributed by atoms with Gasteiger partial charge in [-0.2, -0.15) is 0 Å². The van der Waals surface area contributed by atoms with Gasteiger partial charge in [0.1, 0.15) is 12.4 Å². The quantitative estimate of drug-likeness (QED) is 0.349. The summed E-state index contributed by atoms with van der Waals surface area (Å²) in [5.41, 5.74) is 2.60. The lowest BCUT2D eigenvalue weighted by atomic mass is 9.81. The Morgan fingerprint density at radius 1 is 1.10 bits per heavy atom. The molecule has 1 fully saturated rings. The van der Waals surface area contributed by atoms with Crippen LogP contribution in [0, 0.1) is 18.8 Å². The lowest BCUT2D eigenvalue weighted by Gasteiger charge is -2.35. The number of hydrogen-bond donors (Lipinski definition) is 1. The van der Waals surface area contributed by atoms with Gasteiger partial charge in [-0.25, -0.2) is 4.79 Å². The number of aliphatic carboxylic acids is 1. The molecule has 8 nitrogen and oxygen atoms in total. The molecule has 1 aromatic heterocycles. The van der Waals surface area contributed by atoms with Crippen molar-refractivity contribution in [2.75, 3.05) is 13.2 Å². The van der Waals surface area contributed by atoms with E-state index in [2.05, 4.69) is 36.1 Å². The second-order valence-electron chi connectivity index (χ2n) is 10.9. The smallest absolute Gasteiger partial charge is 0.330 e. The third-order valence-electron chi connectivity index (χ3n) is 8.03. The lowest BCUT2D eigenvalue weighted by molar-refractivity contribution is -0.143. The van der Waals surface area contributed by atoms with E-state index in [-0.39, 0.29) is 36.4 Å². The molecule has 0 amide bonds. The first-order chi connectivity index (χ1) is 19.1. The van der Waals surface area contributed by atoms with Gasteiger partial charge in [-0.1, -0.05) is 35.9 Å². The molecule has 9 heteroatoms. The molecule has 4 rings (SSSR count). The summed E-state index contributed by atoms with van der Waals surface area (Å²) in [7, 11) is 1.61. The summed E-state index contributed by atoms with van der Waals surface area (Å²) >= 11 is 6.14. The van der Waals surface area contributed by atoms with Gasteiger partial charge in [0.2, 0.25) is 0 Å². The molecule has 0 spiro atoms. The van der Waals surface area contributed by atoms with E-state index in [4.69, 9.17) is 16.3 Å². The molecule has 3 aromatic rings. The fourth-order valence-electron chi connectivity index (χ4n) is 5.51. The van der Waals surface area contributed by atoms with Crippen molar-refractivity contribution in [3.63, 3.8) is 0 Å². The van der Waals surface area contributed by atoms with Crippen LogP contribution in [0.2, 0.25) is 5.02 Å². The van der Waals surface area contributed by atoms with E-state index in [1.807, 2.05) is 25.1 Å². The lowest BCUT2D eigenvalue weighted by Crippen LogP contribution is -2.39. The maximum atomic E-state index is 12.2. The molecule has 40 heavy (non-hydrogen) atoms. The third kappa shape index (κ3) is 7.43. The van der Waals surface area contributed by atoms with Gasteiger partial charge in [0, 0.05) is 43.5 Å². The number of hydrogen-bond acceptors (Lipinski definition) is 5. The summed E-state index contributed by atoms with van der Waals surface area (Å²) in [4.78, 5) is 38.2. The van der Waals surface area contributed by atoms with E-state index >= 15 is 0 Å². The molecule has 0 radical (unpaired) electrons. The van der Waals surface area contributed by atoms with Gasteiger partial charge in [0.05, 0.1) is 12.5 Å². The van der Waals surface area contributed by atoms with Crippen molar-refractivity contribution in [2.45, 2.75) is 58.7 Å². The zero-order valence-electron chi connectivity index (χ0n) is 23.4. The maximum Gasteiger partial charge on any atom is 0.330 e. The Labute approximate surface area is 239 Å². The molecule has 1 atom stereocenters. The van der Waals surface area contributed by atoms with E-state index in [9.17, 15) is 19.5 Å². The average molecular weight is 568 g/mol. The first-order valence-corrected chi connectivity index (χ1v) is 14.2. The summed E-state index contributed by atoms with van der Waals surface area (Å²) in [5.74, 6) is 0.259. The Kier molecular flexibility index (Phi) is 9.87. The number of carboxylic acids is 1. The van der Waals surface area contributed by atoms with Crippen LogP contribution in [0.4, 0.5) is 0 Å². The predicted octanol–water partition coefficient (Wildman–Crippen LogP) is 5.04. The molecule has 1 N–H and O–H groups in total. The molecule has 1 saturated carbocycles. The zero-order chi connectivity index (χ0) is 28.8. The first-order valence-electron chi connectivity index (χ1n) is 13.8. The predicted molar refractivity (Wildman–Crippen MR) is 156 cm³/mol. The maximum absolute atomic E-state index is 12.2. The van der Waals surface area contributed by atoms with E-state index in [0.717, 1.165) is 49.9 Å². The second kappa shape index (κ2) is 13.3. The van der Waals surface area contributed by atoms with Crippen LogP contribution in [-0.4, -0.2) is 38.3 Å². The number of aromatic nitrogens is 2. The van der Waals surface area contributed by atoms with Crippen LogP contribution >= 0.6 is 11.6 Å². The minimum atomic E-state index is -0.680. The fraction of sp³-hybridized carbons (Fsp3) is 0.452. The summed E-state index contributed by atoms with van der Waals surface area (Å²) < 4.78 is 8.49. The van der Waals surface area contributed by atoms with Crippen LogP contribution in [0.1, 0.15) is 55.3 Å². The molecular weight excluding hydrogens is 530 g/mol. The normalized spacial score (nSPS) is 18.0. The Morgan fingerprint density at radius 2 is 1.80 bits per heavy atom. The van der Waals surface area contributed by atoms with Gasteiger partial charge in [-0.05, 0) is 80.3 Å². The van der Waals surface area contributed by atoms with Crippen molar-refractivity contribution in [1.82, 2.24) is 14.0 Å². The summed E-state index contributed by atoms with van der Waals surface area (Å²) in [6, 6.07) is 15.6. The summed E-state index contributed by atoms with van der Waals surface area (Å²) in [5, 5.41) is 10.1. The van der Waals surface area contributed by atoms with Gasteiger partial charge in [-0.3, -0.25) is 19.1 Å². The molecular formula is C31H38ClN3O5. The zero-order valence-corrected chi connectivity index (χ0v) is 24.1. The number of rotatable bonds is 11. The molecule has 0 aliphatic heterocycles. The minimum absolute atomic E-state index is 0.150. The van der Waals surface area contributed by atoms with Crippen LogP contribution in [0.25, 0.3) is 0 Å². The van der Waals surface area contributed by atoms with Gasteiger partial charge in [-0.15, -0.1) is 0 Å². The molecule has 1 aliphatic carbocycles. The Morgan fingerprint density at radius 3 is 2.45 bits per heavy atom. The van der Waals surface area contributed by atoms with Crippen LogP contribution in [0.15, 0.2) is 64.3 Å². The Hall–Kier alpha value is -3.36. The van der Waals surface area contributed by atoms with Crippen LogP contribution in [0.3, 0.4) is 0 Å². The number of halogens is 1. The molecule has 0 unspecified atom stereocenters. The van der Waals surface area contributed by atoms with Crippen molar-refractivity contribution < 1.29 is 14.6 Å². The number of aryl methyl sites for hydroxylation is 2. The van der Waals surface area contributed by atoms with E-state index in [1.54, 1.807) is 7.05 Å². The van der Waals surface area contributed by atoms with Crippen molar-refractivity contribution >= 4 is 17.6 Å². The molecule has 0 bridgehead atoms. The van der Waals surface area contributed by atoms with Gasteiger partial charge < -0.3 is 14.4 Å². The van der Waals surface area contributed by atoms with E-state index < -0.39 is 5.97 Å². The number of ether oxygens (including phenoxy) is 1. The summed E-state index contributed by atoms with van der Waals surface area (Å²) in [6.45, 7) is 6.19. The largest absolute Gasteiger partial charge is 0.491 e. The van der Waals surface area contributed by atoms with Crippen LogP contribution in [0.5, 0.6) is 5.75 Å². The highest BCUT2D eigenvalue weighted by Crippen LogP contribution is 2.33. The molecule has 214 valence electrons. The average Bonchev–Trinajstić information content (AvgIpc) is 2.93. The minimum Gasteiger partial charge on any atom is -0.491 e. The van der Waals surface area contributed by atoms with Crippen molar-refractivity contribution in [3.8, 4) is 5.75 Å². The van der Waals surface area contributed by atoms with Gasteiger partial charge in [0.25, 0.3) is 5.56 Å². The Bertz CT molecular complexity index is 1420. The van der Waals surface area contributed by atoms with Crippen LogP contribution in [-0.2, 0) is 24.9 Å². The summed E-state index contributed by atoms with van der Waals surface area (Å²) in [6.07, 6.45) is 4.76. The number of carbonyl (C=O) groups is 1. The second-order valence-corrected chi connectivity index (χ2v) is 11.3. The van der Waals surface area contributed by atoms with E-state index in [1.165, 1.54) is 27.0 Å². The van der Waals surface area contributed by atoms with Crippen molar-refractivity contribution in [1.29, 1.82) is 0 Å². The topological polar surface area (TPSA) is 93.8 Å². The van der Waals surface area contributed by atoms with Crippen molar-refractivity contribution in [3.05, 3.63) is 97.3 Å². The molecule has 1 aliphatic rings. The SMILES string of the molecule is Cc1cc(CN(CC2CCC(C(=O)O)CC2)[C@@H](C)c2ccc(Cl)cc2)ccc1OCCn1c(=O)ccn(C)c1=O. The highest BCUT2D eigenvalue weighted by molar-refractivity contribution is 6.30. The third-order valence-corrected chi connectivity index (χ3v) is 8.28. The standard InChI is InChI=1S/C31H38ClN3O5/c1-21-18-24(6-13-28(21)40-17-16-35-29(36)14-15-33(3)31(35)39)20-34(22(2)25-9-11-27(32)12-10-25)19-23-4-7-26(8-5-23)30(37)38/h6,9-15,18,22-23,26H,4-5,7-8,16-17,19-20H2,1-3H3,(H,37,38)/t22-,23?,26?/m0/s1. The highest BCUT2D eigenvalue weighted by Gasteiger charge is 2.28. The molecule has 0 saturated heterocycles. The molecule has 2 aromatic carbocycles. The Balaban J connectivity index is 1.44. The fourth-order valence-corrected chi connectivity index (χ4v) is 5.63. The van der Waals surface area contributed by atoms with E-state index in [0.29, 0.717) is 16.7 Å². The monoisotopic (exact) mass is 567 g/mol. The number of benzene rings is 2. The molecule has 1 heterocycles.